The lowest BCUT2D eigenvalue weighted by Gasteiger charge is -2.31. The first-order chi connectivity index (χ1) is 7.20. The van der Waals surface area contributed by atoms with Gasteiger partial charge in [0.05, 0.1) is 0 Å². The molecule has 84 valence electrons. The van der Waals surface area contributed by atoms with Crippen molar-refractivity contribution >= 4 is 12.1 Å². The maximum Gasteiger partial charge on any atom is 0.411 e. The molecule has 2 heterocycles. The molecule has 0 saturated carbocycles. The topological polar surface area (TPSA) is 78.9 Å². The highest BCUT2D eigenvalue weighted by Gasteiger charge is 2.42. The molecule has 0 spiro atoms. The van der Waals surface area contributed by atoms with Crippen molar-refractivity contribution in [3.8, 4) is 0 Å². The molecular weight excluding hydrogens is 200 g/mol. The summed E-state index contributed by atoms with van der Waals surface area (Å²) < 4.78 is 4.77. The molecule has 15 heavy (non-hydrogen) atoms. The molecule has 2 rings (SSSR count). The first kappa shape index (κ1) is 10.2. The number of carboxylic acid groups (broad SMARTS) is 1. The number of ether oxygens (including phenoxy) is 1. The van der Waals surface area contributed by atoms with Gasteiger partial charge in [-0.1, -0.05) is 0 Å². The Labute approximate surface area is 87.2 Å². The number of cyclic esters (lactones) is 1. The van der Waals surface area contributed by atoms with Crippen LogP contribution < -0.4 is 5.32 Å². The van der Waals surface area contributed by atoms with E-state index in [4.69, 9.17) is 9.84 Å². The van der Waals surface area contributed by atoms with Crippen LogP contribution in [0, 0.1) is 0 Å². The van der Waals surface area contributed by atoms with Gasteiger partial charge in [0.1, 0.15) is 6.61 Å². The van der Waals surface area contributed by atoms with Crippen LogP contribution in [0.15, 0.2) is 0 Å². The van der Waals surface area contributed by atoms with E-state index in [-0.39, 0.29) is 12.6 Å². The second-order valence-corrected chi connectivity index (χ2v) is 3.84. The molecule has 0 aromatic heterocycles. The fourth-order valence-corrected chi connectivity index (χ4v) is 2.10. The largest absolute Gasteiger partial charge is 0.480 e. The number of hydrogen-bond acceptors (Lipinski definition) is 4. The smallest absolute Gasteiger partial charge is 0.411 e. The Balaban J connectivity index is 2.09. The van der Waals surface area contributed by atoms with Crippen LogP contribution >= 0.6 is 0 Å². The highest BCUT2D eigenvalue weighted by atomic mass is 16.6. The molecule has 0 aromatic rings. The molecular formula is C9H14N2O4. The molecule has 6 nitrogen and oxygen atoms in total. The zero-order chi connectivity index (χ0) is 10.8. The second-order valence-electron chi connectivity index (χ2n) is 3.84. The average molecular weight is 214 g/mol. The predicted octanol–water partition coefficient (Wildman–Crippen LogP) is -0.356. The van der Waals surface area contributed by atoms with E-state index in [2.05, 4.69) is 5.32 Å². The molecule has 2 unspecified atom stereocenters. The van der Waals surface area contributed by atoms with Gasteiger partial charge in [-0.05, 0) is 19.4 Å². The van der Waals surface area contributed by atoms with Crippen molar-refractivity contribution in [1.82, 2.24) is 10.2 Å². The van der Waals surface area contributed by atoms with Crippen LogP contribution in [0.5, 0.6) is 0 Å². The Kier molecular flexibility index (Phi) is 2.77. The molecule has 0 bridgehead atoms. The minimum absolute atomic E-state index is 0.0370. The predicted molar refractivity (Wildman–Crippen MR) is 50.5 cm³/mol. The second kappa shape index (κ2) is 4.06. The summed E-state index contributed by atoms with van der Waals surface area (Å²) >= 11 is 0. The zero-order valence-electron chi connectivity index (χ0n) is 8.31. The maximum atomic E-state index is 11.4. The van der Waals surface area contributed by atoms with E-state index in [9.17, 15) is 9.59 Å². The quantitative estimate of drug-likeness (QED) is 0.656. The van der Waals surface area contributed by atoms with Crippen LogP contribution in [-0.4, -0.2) is 53.8 Å². The Bertz CT molecular complexity index is 275. The summed E-state index contributed by atoms with van der Waals surface area (Å²) in [5.41, 5.74) is 0. The number of carbonyl (C=O) groups is 2. The standard InChI is InChI=1S/C9H14N2O4/c12-8(13)7-5-15-9(14)11(7)6-2-1-3-10-4-6/h6-7,10H,1-5H2,(H,12,13). The first-order valence-electron chi connectivity index (χ1n) is 5.09. The Morgan fingerprint density at radius 1 is 1.60 bits per heavy atom. The number of nitrogens with one attached hydrogen (secondary N) is 1. The molecule has 2 fully saturated rings. The number of piperidine rings is 1. The molecule has 0 radical (unpaired) electrons. The third-order valence-electron chi connectivity index (χ3n) is 2.86. The minimum atomic E-state index is -0.994. The fraction of sp³-hybridized carbons (Fsp3) is 0.778. The number of carbonyl (C=O) groups excluding carboxylic acids is 1. The minimum Gasteiger partial charge on any atom is -0.480 e. The monoisotopic (exact) mass is 214 g/mol. The highest BCUT2D eigenvalue weighted by Crippen LogP contribution is 2.20. The van der Waals surface area contributed by atoms with Crippen LogP contribution in [0.2, 0.25) is 0 Å². The fourth-order valence-electron chi connectivity index (χ4n) is 2.10. The van der Waals surface area contributed by atoms with Gasteiger partial charge < -0.3 is 15.2 Å². The van der Waals surface area contributed by atoms with Crippen molar-refractivity contribution in [2.75, 3.05) is 19.7 Å². The first-order valence-corrected chi connectivity index (χ1v) is 5.09. The summed E-state index contributed by atoms with van der Waals surface area (Å²) in [5.74, 6) is -0.994. The zero-order valence-corrected chi connectivity index (χ0v) is 8.31. The molecule has 0 aliphatic carbocycles. The van der Waals surface area contributed by atoms with Gasteiger partial charge in [-0.25, -0.2) is 9.59 Å². The molecule has 6 heteroatoms. The van der Waals surface area contributed by atoms with E-state index in [1.54, 1.807) is 0 Å². The van der Waals surface area contributed by atoms with Crippen molar-refractivity contribution in [2.24, 2.45) is 0 Å². The van der Waals surface area contributed by atoms with Gasteiger partial charge >= 0.3 is 12.1 Å². The van der Waals surface area contributed by atoms with Crippen molar-refractivity contribution in [3.63, 3.8) is 0 Å². The Morgan fingerprint density at radius 3 is 3.00 bits per heavy atom. The third kappa shape index (κ3) is 1.90. The van der Waals surface area contributed by atoms with E-state index < -0.39 is 18.1 Å². The van der Waals surface area contributed by atoms with Crippen LogP contribution in [0.25, 0.3) is 0 Å². The number of nitrogens with zero attached hydrogens (tertiary/aromatic N) is 1. The summed E-state index contributed by atoms with van der Waals surface area (Å²) in [6.07, 6.45) is 1.29. The molecule has 0 aromatic carbocycles. The molecule has 2 aliphatic heterocycles. The van der Waals surface area contributed by atoms with Gasteiger partial charge in [0.25, 0.3) is 0 Å². The number of rotatable bonds is 2. The maximum absolute atomic E-state index is 11.4. The van der Waals surface area contributed by atoms with E-state index >= 15 is 0 Å². The lowest BCUT2D eigenvalue weighted by molar-refractivity contribution is -0.142. The number of aliphatic carboxylic acids is 1. The van der Waals surface area contributed by atoms with Crippen molar-refractivity contribution in [1.29, 1.82) is 0 Å². The Morgan fingerprint density at radius 2 is 2.40 bits per heavy atom. The average Bonchev–Trinajstić information content (AvgIpc) is 2.61. The van der Waals surface area contributed by atoms with Gasteiger partial charge in [0, 0.05) is 12.6 Å². The number of hydrogen-bond donors (Lipinski definition) is 2. The van der Waals surface area contributed by atoms with Gasteiger partial charge in [0.15, 0.2) is 6.04 Å². The number of carboxylic acids is 1. The van der Waals surface area contributed by atoms with Crippen LogP contribution in [0.1, 0.15) is 12.8 Å². The summed E-state index contributed by atoms with van der Waals surface area (Å²) in [6.45, 7) is 1.54. The third-order valence-corrected chi connectivity index (χ3v) is 2.86. The van der Waals surface area contributed by atoms with Gasteiger partial charge in [0.2, 0.25) is 0 Å². The SMILES string of the molecule is O=C(O)C1COC(=O)N1C1CCCNC1. The molecule has 2 aliphatic rings. The van der Waals surface area contributed by atoms with E-state index in [1.165, 1.54) is 4.90 Å². The van der Waals surface area contributed by atoms with E-state index in [0.29, 0.717) is 6.54 Å². The Hall–Kier alpha value is -1.30. The normalized spacial score (nSPS) is 31.5. The van der Waals surface area contributed by atoms with Crippen LogP contribution in [0.4, 0.5) is 4.79 Å². The lowest BCUT2D eigenvalue weighted by Crippen LogP contribution is -2.52. The van der Waals surface area contributed by atoms with Crippen LogP contribution in [-0.2, 0) is 9.53 Å². The van der Waals surface area contributed by atoms with Gasteiger partial charge in [-0.2, -0.15) is 0 Å². The summed E-state index contributed by atoms with van der Waals surface area (Å²) in [7, 11) is 0. The van der Waals surface area contributed by atoms with Crippen molar-refractivity contribution < 1.29 is 19.4 Å². The molecule has 2 N–H and O–H groups in total. The van der Waals surface area contributed by atoms with E-state index in [0.717, 1.165) is 19.4 Å². The van der Waals surface area contributed by atoms with Crippen LogP contribution in [0.3, 0.4) is 0 Å². The van der Waals surface area contributed by atoms with Crippen molar-refractivity contribution in [3.05, 3.63) is 0 Å². The molecule has 2 atom stereocenters. The highest BCUT2D eigenvalue weighted by molar-refractivity contribution is 5.83. The number of amides is 1. The van der Waals surface area contributed by atoms with Crippen molar-refractivity contribution in [2.45, 2.75) is 24.9 Å². The molecule has 1 amide bonds. The van der Waals surface area contributed by atoms with Gasteiger partial charge in [-0.15, -0.1) is 0 Å². The van der Waals surface area contributed by atoms with Gasteiger partial charge in [-0.3, -0.25) is 4.90 Å². The lowest BCUT2D eigenvalue weighted by atomic mass is 10.0. The molecule has 2 saturated heterocycles. The summed E-state index contributed by atoms with van der Waals surface area (Å²) in [5, 5.41) is 12.1. The summed E-state index contributed by atoms with van der Waals surface area (Å²) in [6, 6.07) is -0.864. The summed E-state index contributed by atoms with van der Waals surface area (Å²) in [4.78, 5) is 23.7. The van der Waals surface area contributed by atoms with E-state index in [1.807, 2.05) is 0 Å².